The largest absolute Gasteiger partial charge is 0.416 e. The Morgan fingerprint density at radius 3 is 2.25 bits per heavy atom. The van der Waals surface area contributed by atoms with Crippen molar-refractivity contribution in [3.05, 3.63) is 88.2 Å². The fraction of sp³-hybridized carbons (Fsp3) is 0.370. The molecule has 2 aromatic carbocycles. The van der Waals surface area contributed by atoms with Gasteiger partial charge in [0, 0.05) is 42.4 Å². The van der Waals surface area contributed by atoms with Crippen LogP contribution in [0.1, 0.15) is 51.3 Å². The van der Waals surface area contributed by atoms with Gasteiger partial charge < -0.3 is 10.2 Å². The van der Waals surface area contributed by atoms with Crippen molar-refractivity contribution < 1.29 is 22.8 Å². The van der Waals surface area contributed by atoms with Crippen LogP contribution in [0.25, 0.3) is 0 Å². The lowest BCUT2D eigenvalue weighted by Gasteiger charge is -2.31. The molecular weight excluding hydrogens is 469 g/mol. The van der Waals surface area contributed by atoms with Crippen LogP contribution in [0.2, 0.25) is 0 Å². The number of likely N-dealkylation sites (tertiary alicyclic amines) is 1. The minimum absolute atomic E-state index is 0.0637. The van der Waals surface area contributed by atoms with Gasteiger partial charge in [0.25, 0.3) is 5.91 Å². The number of piperidine rings is 1. The Morgan fingerprint density at radius 1 is 1.00 bits per heavy atom. The first kappa shape index (κ1) is 25.5. The topological polar surface area (TPSA) is 67.2 Å². The second-order valence-corrected chi connectivity index (χ2v) is 9.15. The van der Waals surface area contributed by atoms with E-state index in [1.54, 1.807) is 4.90 Å². The molecule has 9 heteroatoms. The van der Waals surface area contributed by atoms with Crippen molar-refractivity contribution in [3.8, 4) is 0 Å². The summed E-state index contributed by atoms with van der Waals surface area (Å²) in [5.41, 5.74) is 3.45. The van der Waals surface area contributed by atoms with E-state index < -0.39 is 11.7 Å². The van der Waals surface area contributed by atoms with Crippen molar-refractivity contribution >= 4 is 11.8 Å². The number of amides is 2. The number of hydrogen-bond acceptors (Lipinski definition) is 3. The fourth-order valence-electron chi connectivity index (χ4n) is 4.55. The highest BCUT2D eigenvalue weighted by Gasteiger charge is 2.31. The number of halogens is 3. The number of carbonyl (C=O) groups is 2. The molecule has 1 aromatic heterocycles. The van der Waals surface area contributed by atoms with Gasteiger partial charge in [-0.1, -0.05) is 30.3 Å². The molecule has 6 nitrogen and oxygen atoms in total. The van der Waals surface area contributed by atoms with Gasteiger partial charge in [-0.2, -0.15) is 18.3 Å². The number of rotatable bonds is 6. The molecule has 0 unspecified atom stereocenters. The summed E-state index contributed by atoms with van der Waals surface area (Å²) >= 11 is 0. The predicted octanol–water partition coefficient (Wildman–Crippen LogP) is 4.74. The Labute approximate surface area is 208 Å². The van der Waals surface area contributed by atoms with Crippen LogP contribution in [0, 0.1) is 19.8 Å². The normalized spacial score (nSPS) is 14.6. The molecule has 4 rings (SSSR count). The van der Waals surface area contributed by atoms with Gasteiger partial charge in [-0.25, -0.2) is 0 Å². The maximum atomic E-state index is 12.8. The number of nitrogens with one attached hydrogen (secondary N) is 1. The smallest absolute Gasteiger partial charge is 0.352 e. The van der Waals surface area contributed by atoms with Crippen LogP contribution in [0.4, 0.5) is 13.2 Å². The Kier molecular flexibility index (Phi) is 7.47. The van der Waals surface area contributed by atoms with Gasteiger partial charge in [-0.3, -0.25) is 14.3 Å². The summed E-state index contributed by atoms with van der Waals surface area (Å²) in [4.78, 5) is 27.1. The lowest BCUT2D eigenvalue weighted by Crippen LogP contribution is -2.43. The quantitative estimate of drug-likeness (QED) is 0.534. The lowest BCUT2D eigenvalue weighted by molar-refractivity contribution is -0.137. The zero-order valence-corrected chi connectivity index (χ0v) is 20.3. The van der Waals surface area contributed by atoms with E-state index in [2.05, 4.69) is 10.4 Å². The number of carbonyl (C=O) groups excluding carboxylic acids is 2. The summed E-state index contributed by atoms with van der Waals surface area (Å²) in [6, 6.07) is 14.3. The molecule has 0 radical (unpaired) electrons. The Morgan fingerprint density at radius 2 is 1.64 bits per heavy atom. The number of aryl methyl sites for hydroxylation is 1. The number of aromatic nitrogens is 2. The maximum Gasteiger partial charge on any atom is 0.416 e. The third-order valence-corrected chi connectivity index (χ3v) is 6.76. The van der Waals surface area contributed by atoms with Gasteiger partial charge in [0.1, 0.15) is 0 Å². The van der Waals surface area contributed by atoms with Crippen LogP contribution in [-0.2, 0) is 24.1 Å². The SMILES string of the molecule is Cc1nn(Cc2ccccc2)c(C)c1CNC(=O)C1CCN(C(=O)c2ccc(C(F)(F)F)cc2)CC1. The molecule has 36 heavy (non-hydrogen) atoms. The molecule has 0 saturated carbocycles. The number of hydrogen-bond donors (Lipinski definition) is 1. The molecule has 0 spiro atoms. The van der Waals surface area contributed by atoms with E-state index in [4.69, 9.17) is 0 Å². The standard InChI is InChI=1S/C27H29F3N4O2/c1-18-24(19(2)34(32-18)17-20-6-4-3-5-7-20)16-31-25(35)21-12-14-33(15-13-21)26(36)22-8-10-23(11-9-22)27(28,29)30/h3-11,21H,12-17H2,1-2H3,(H,31,35). The highest BCUT2D eigenvalue weighted by Crippen LogP contribution is 2.29. The van der Waals surface area contributed by atoms with E-state index in [1.807, 2.05) is 48.9 Å². The zero-order chi connectivity index (χ0) is 25.9. The summed E-state index contributed by atoms with van der Waals surface area (Å²) in [5.74, 6) is -0.604. The highest BCUT2D eigenvalue weighted by atomic mass is 19.4. The van der Waals surface area contributed by atoms with Crippen molar-refractivity contribution in [1.29, 1.82) is 0 Å². The van der Waals surface area contributed by atoms with E-state index in [9.17, 15) is 22.8 Å². The first-order chi connectivity index (χ1) is 17.1. The first-order valence-electron chi connectivity index (χ1n) is 11.9. The summed E-state index contributed by atoms with van der Waals surface area (Å²) in [7, 11) is 0. The van der Waals surface area contributed by atoms with Crippen molar-refractivity contribution in [2.45, 2.75) is 46.0 Å². The average Bonchev–Trinajstić information content (AvgIpc) is 3.14. The molecule has 2 heterocycles. The summed E-state index contributed by atoms with van der Waals surface area (Å²) in [5, 5.41) is 7.65. The van der Waals surface area contributed by atoms with Crippen LogP contribution in [0.15, 0.2) is 54.6 Å². The molecule has 190 valence electrons. The van der Waals surface area contributed by atoms with Crippen molar-refractivity contribution in [1.82, 2.24) is 20.0 Å². The first-order valence-corrected chi connectivity index (χ1v) is 11.9. The van der Waals surface area contributed by atoms with Gasteiger partial charge in [0.15, 0.2) is 0 Å². The minimum atomic E-state index is -4.44. The third-order valence-electron chi connectivity index (χ3n) is 6.76. The molecule has 0 atom stereocenters. The Hall–Kier alpha value is -3.62. The molecule has 1 N–H and O–H groups in total. The molecule has 0 bridgehead atoms. The number of alkyl halides is 3. The van der Waals surface area contributed by atoms with E-state index in [1.165, 1.54) is 12.1 Å². The van der Waals surface area contributed by atoms with Gasteiger partial charge in [0.2, 0.25) is 5.91 Å². The van der Waals surface area contributed by atoms with E-state index >= 15 is 0 Å². The molecule has 2 amide bonds. The second-order valence-electron chi connectivity index (χ2n) is 9.15. The summed E-state index contributed by atoms with van der Waals surface area (Å²) < 4.78 is 40.2. The van der Waals surface area contributed by atoms with Crippen LogP contribution in [0.5, 0.6) is 0 Å². The maximum absolute atomic E-state index is 12.8. The van der Waals surface area contributed by atoms with Gasteiger partial charge in [-0.05, 0) is 56.5 Å². The number of benzene rings is 2. The van der Waals surface area contributed by atoms with Gasteiger partial charge >= 0.3 is 6.18 Å². The Bertz CT molecular complexity index is 1210. The van der Waals surface area contributed by atoms with Crippen molar-refractivity contribution in [2.24, 2.45) is 5.92 Å². The average molecular weight is 499 g/mol. The molecule has 0 aliphatic carbocycles. The van der Waals surface area contributed by atoms with Crippen LogP contribution in [0.3, 0.4) is 0 Å². The van der Waals surface area contributed by atoms with Crippen LogP contribution >= 0.6 is 0 Å². The Balaban J connectivity index is 1.29. The molecule has 1 saturated heterocycles. The molecule has 1 aliphatic rings. The highest BCUT2D eigenvalue weighted by molar-refractivity contribution is 5.94. The summed E-state index contributed by atoms with van der Waals surface area (Å²) in [6.45, 7) is 5.73. The third kappa shape index (κ3) is 5.78. The van der Waals surface area contributed by atoms with E-state index in [-0.39, 0.29) is 23.3 Å². The van der Waals surface area contributed by atoms with Crippen molar-refractivity contribution in [2.75, 3.05) is 13.1 Å². The zero-order valence-electron chi connectivity index (χ0n) is 20.3. The van der Waals surface area contributed by atoms with Gasteiger partial charge in [0.05, 0.1) is 17.8 Å². The number of nitrogens with zero attached hydrogens (tertiary/aromatic N) is 3. The molecular formula is C27H29F3N4O2. The van der Waals surface area contributed by atoms with E-state index in [0.717, 1.165) is 34.6 Å². The molecule has 1 aliphatic heterocycles. The van der Waals surface area contributed by atoms with E-state index in [0.29, 0.717) is 39.0 Å². The van der Waals surface area contributed by atoms with Crippen molar-refractivity contribution in [3.63, 3.8) is 0 Å². The summed E-state index contributed by atoms with van der Waals surface area (Å²) in [6.07, 6.45) is -3.43. The minimum Gasteiger partial charge on any atom is -0.352 e. The lowest BCUT2D eigenvalue weighted by atomic mass is 9.95. The fourth-order valence-corrected chi connectivity index (χ4v) is 4.55. The monoisotopic (exact) mass is 498 g/mol. The van der Waals surface area contributed by atoms with Crippen LogP contribution in [-0.4, -0.2) is 39.6 Å². The second kappa shape index (κ2) is 10.6. The molecule has 1 fully saturated rings. The van der Waals surface area contributed by atoms with Crippen LogP contribution < -0.4 is 5.32 Å². The predicted molar refractivity (Wildman–Crippen MR) is 129 cm³/mol. The molecule has 3 aromatic rings. The van der Waals surface area contributed by atoms with Gasteiger partial charge in [-0.15, -0.1) is 0 Å².